The van der Waals surface area contributed by atoms with Crippen molar-refractivity contribution < 1.29 is 19.1 Å². The molecule has 0 radical (unpaired) electrons. The summed E-state index contributed by atoms with van der Waals surface area (Å²) in [5.74, 6) is 1.43. The third kappa shape index (κ3) is 6.05. The number of amides is 2. The number of carbonyl (C=O) groups excluding carboxylic acids is 2. The molecule has 0 unspecified atom stereocenters. The lowest BCUT2D eigenvalue weighted by molar-refractivity contribution is -0.123. The number of hydrogen-bond acceptors (Lipinski definition) is 5. The predicted molar refractivity (Wildman–Crippen MR) is 140 cm³/mol. The van der Waals surface area contributed by atoms with Gasteiger partial charge in [0, 0.05) is 6.54 Å². The van der Waals surface area contributed by atoms with Gasteiger partial charge in [0.25, 0.3) is 11.1 Å². The molecule has 2 amide bonds. The van der Waals surface area contributed by atoms with Crippen molar-refractivity contribution in [3.05, 3.63) is 62.5 Å². The molecule has 1 aliphatic carbocycles. The molecule has 1 heterocycles. The van der Waals surface area contributed by atoms with Crippen LogP contribution < -0.4 is 9.47 Å². The van der Waals surface area contributed by atoms with Crippen LogP contribution in [0.5, 0.6) is 11.5 Å². The largest absolute Gasteiger partial charge is 0.490 e. The van der Waals surface area contributed by atoms with E-state index in [-0.39, 0.29) is 11.1 Å². The van der Waals surface area contributed by atoms with E-state index in [1.165, 1.54) is 29.7 Å². The van der Waals surface area contributed by atoms with Gasteiger partial charge in [-0.05, 0) is 89.6 Å². The number of thioether (sulfide) groups is 1. The molecule has 0 spiro atoms. The molecule has 1 saturated carbocycles. The summed E-state index contributed by atoms with van der Waals surface area (Å²) in [5, 5.41) is -0.177. The molecule has 180 valence electrons. The number of aryl methyl sites for hydroxylation is 1. The molecular formula is C27H30BrNO4S. The second kappa shape index (κ2) is 11.5. The zero-order valence-electron chi connectivity index (χ0n) is 19.6. The van der Waals surface area contributed by atoms with Crippen LogP contribution in [0, 0.1) is 12.8 Å². The first-order chi connectivity index (χ1) is 16.4. The fourth-order valence-corrected chi connectivity index (χ4v) is 5.77. The number of benzene rings is 2. The van der Waals surface area contributed by atoms with Crippen molar-refractivity contribution >= 4 is 44.9 Å². The van der Waals surface area contributed by atoms with Crippen LogP contribution >= 0.6 is 27.7 Å². The lowest BCUT2D eigenvalue weighted by Gasteiger charge is -2.25. The number of hydrogen-bond donors (Lipinski definition) is 0. The van der Waals surface area contributed by atoms with Crippen molar-refractivity contribution in [2.45, 2.75) is 52.6 Å². The van der Waals surface area contributed by atoms with E-state index in [9.17, 15) is 9.59 Å². The topological polar surface area (TPSA) is 55.8 Å². The summed E-state index contributed by atoms with van der Waals surface area (Å²) in [7, 11) is 0. The summed E-state index contributed by atoms with van der Waals surface area (Å²) in [5.41, 5.74) is 3.05. The third-order valence-corrected chi connectivity index (χ3v) is 7.67. The Morgan fingerprint density at radius 2 is 1.82 bits per heavy atom. The summed E-state index contributed by atoms with van der Waals surface area (Å²) < 4.78 is 12.7. The maximum atomic E-state index is 13.0. The molecule has 2 aromatic rings. The molecule has 1 aliphatic heterocycles. The van der Waals surface area contributed by atoms with Crippen molar-refractivity contribution in [1.29, 1.82) is 0 Å². The average Bonchev–Trinajstić information content (AvgIpc) is 3.08. The first-order valence-electron chi connectivity index (χ1n) is 11.8. The molecule has 1 saturated heterocycles. The highest BCUT2D eigenvalue weighted by molar-refractivity contribution is 9.10. The van der Waals surface area contributed by atoms with Crippen LogP contribution in [0.1, 0.15) is 55.7 Å². The number of imide groups is 1. The van der Waals surface area contributed by atoms with E-state index in [1.807, 2.05) is 31.2 Å². The summed E-state index contributed by atoms with van der Waals surface area (Å²) >= 11 is 4.62. The monoisotopic (exact) mass is 543 g/mol. The molecule has 2 aliphatic rings. The summed E-state index contributed by atoms with van der Waals surface area (Å²) in [6.45, 7) is 5.40. The molecule has 7 heteroatoms. The molecule has 0 bridgehead atoms. The molecule has 0 aromatic heterocycles. The van der Waals surface area contributed by atoms with E-state index < -0.39 is 0 Å². The lowest BCUT2D eigenvalue weighted by atomic mass is 9.89. The van der Waals surface area contributed by atoms with Gasteiger partial charge in [0.15, 0.2) is 11.5 Å². The zero-order chi connectivity index (χ0) is 24.1. The van der Waals surface area contributed by atoms with Gasteiger partial charge in [0.1, 0.15) is 6.61 Å². The lowest BCUT2D eigenvalue weighted by Crippen LogP contribution is -2.34. The first kappa shape index (κ1) is 24.9. The van der Waals surface area contributed by atoms with Crippen LogP contribution in [0.3, 0.4) is 0 Å². The molecule has 0 N–H and O–H groups in total. The van der Waals surface area contributed by atoms with Crippen LogP contribution in [-0.2, 0) is 11.4 Å². The quantitative estimate of drug-likeness (QED) is 0.325. The average molecular weight is 545 g/mol. The Kier molecular flexibility index (Phi) is 8.37. The Morgan fingerprint density at radius 3 is 2.53 bits per heavy atom. The van der Waals surface area contributed by atoms with E-state index in [0.717, 1.165) is 40.2 Å². The van der Waals surface area contributed by atoms with Crippen LogP contribution in [0.4, 0.5) is 4.79 Å². The van der Waals surface area contributed by atoms with Crippen LogP contribution in [-0.4, -0.2) is 29.2 Å². The highest BCUT2D eigenvalue weighted by Crippen LogP contribution is 2.40. The van der Waals surface area contributed by atoms with Gasteiger partial charge < -0.3 is 9.47 Å². The van der Waals surface area contributed by atoms with Gasteiger partial charge in [0.05, 0.1) is 16.0 Å². The second-order valence-electron chi connectivity index (χ2n) is 8.83. The van der Waals surface area contributed by atoms with Gasteiger partial charge >= 0.3 is 0 Å². The summed E-state index contributed by atoms with van der Waals surface area (Å²) in [6, 6.07) is 11.9. The minimum Gasteiger partial charge on any atom is -0.490 e. The van der Waals surface area contributed by atoms with Crippen LogP contribution in [0.2, 0.25) is 0 Å². The van der Waals surface area contributed by atoms with E-state index in [1.54, 1.807) is 6.08 Å². The number of carbonyl (C=O) groups is 2. The maximum absolute atomic E-state index is 13.0. The Bertz CT molecular complexity index is 1080. The molecule has 4 rings (SSSR count). The molecule has 2 fully saturated rings. The minimum absolute atomic E-state index is 0.177. The van der Waals surface area contributed by atoms with Crippen molar-refractivity contribution in [2.24, 2.45) is 5.92 Å². The minimum atomic E-state index is -0.200. The number of nitrogens with zero attached hydrogens (tertiary/aromatic N) is 1. The predicted octanol–water partition coefficient (Wildman–Crippen LogP) is 7.35. The van der Waals surface area contributed by atoms with E-state index >= 15 is 0 Å². The SMILES string of the molecule is CCOc1cc(/C=C2/SC(=O)N(CC3CCCCC3)C2=O)cc(Br)c1OCc1ccc(C)cc1. The maximum Gasteiger partial charge on any atom is 0.293 e. The molecule has 5 nitrogen and oxygen atoms in total. The van der Waals surface area contributed by atoms with Gasteiger partial charge in [-0.15, -0.1) is 0 Å². The number of ether oxygens (including phenoxy) is 2. The van der Waals surface area contributed by atoms with Crippen molar-refractivity contribution in [2.75, 3.05) is 13.2 Å². The van der Waals surface area contributed by atoms with Gasteiger partial charge in [-0.25, -0.2) is 0 Å². The van der Waals surface area contributed by atoms with E-state index in [0.29, 0.717) is 42.1 Å². The number of rotatable bonds is 8. The van der Waals surface area contributed by atoms with Crippen molar-refractivity contribution in [3.8, 4) is 11.5 Å². The standard InChI is InChI=1S/C27H30BrNO4S/c1-3-32-23-14-21(13-22(28)25(23)33-17-20-11-9-18(2)10-12-20)15-24-26(30)29(27(31)34-24)16-19-7-5-4-6-8-19/h9-15,19H,3-8,16-17H2,1-2H3/b24-15+. The van der Waals surface area contributed by atoms with Gasteiger partial charge in [0.2, 0.25) is 0 Å². The first-order valence-corrected chi connectivity index (χ1v) is 13.5. The zero-order valence-corrected chi connectivity index (χ0v) is 22.0. The normalized spacial score (nSPS) is 18.1. The number of halogens is 1. The Labute approximate surface area is 214 Å². The van der Waals surface area contributed by atoms with E-state index in [4.69, 9.17) is 9.47 Å². The van der Waals surface area contributed by atoms with Crippen LogP contribution in [0.15, 0.2) is 45.8 Å². The second-order valence-corrected chi connectivity index (χ2v) is 10.7. The Morgan fingerprint density at radius 1 is 1.09 bits per heavy atom. The highest BCUT2D eigenvalue weighted by atomic mass is 79.9. The highest BCUT2D eigenvalue weighted by Gasteiger charge is 2.36. The van der Waals surface area contributed by atoms with Crippen molar-refractivity contribution in [1.82, 2.24) is 4.90 Å². The van der Waals surface area contributed by atoms with E-state index in [2.05, 4.69) is 35.0 Å². The van der Waals surface area contributed by atoms with Gasteiger partial charge in [-0.1, -0.05) is 49.1 Å². The van der Waals surface area contributed by atoms with Crippen molar-refractivity contribution in [3.63, 3.8) is 0 Å². The molecule has 2 aromatic carbocycles. The van der Waals surface area contributed by atoms with Gasteiger partial charge in [-0.3, -0.25) is 14.5 Å². The van der Waals surface area contributed by atoms with Crippen LogP contribution in [0.25, 0.3) is 6.08 Å². The molecule has 34 heavy (non-hydrogen) atoms. The van der Waals surface area contributed by atoms with Gasteiger partial charge in [-0.2, -0.15) is 0 Å². The fourth-order valence-electron chi connectivity index (χ4n) is 4.35. The Hall–Kier alpha value is -2.25. The molecule has 0 atom stereocenters. The smallest absolute Gasteiger partial charge is 0.293 e. The summed E-state index contributed by atoms with van der Waals surface area (Å²) in [4.78, 5) is 27.4. The molecular weight excluding hydrogens is 514 g/mol. The Balaban J connectivity index is 1.51. The third-order valence-electron chi connectivity index (χ3n) is 6.17. The summed E-state index contributed by atoms with van der Waals surface area (Å²) in [6.07, 6.45) is 7.57. The fraction of sp³-hybridized carbons (Fsp3) is 0.407.